The van der Waals surface area contributed by atoms with Gasteiger partial charge in [-0.25, -0.2) is 0 Å². The normalized spacial score (nSPS) is 20.2. The molecule has 3 nitrogen and oxygen atoms in total. The van der Waals surface area contributed by atoms with E-state index >= 15 is 0 Å². The van der Waals surface area contributed by atoms with Gasteiger partial charge in [-0.15, -0.1) is 0 Å². The highest BCUT2D eigenvalue weighted by Gasteiger charge is 2.39. The van der Waals surface area contributed by atoms with E-state index in [1.807, 2.05) is 6.07 Å². The molecule has 1 atom stereocenters. The minimum atomic E-state index is 0.329. The molecule has 1 N–H and O–H groups in total. The first-order chi connectivity index (χ1) is 8.69. The van der Waals surface area contributed by atoms with E-state index in [4.69, 9.17) is 9.15 Å². The first kappa shape index (κ1) is 13.6. The lowest BCUT2D eigenvalue weighted by molar-refractivity contribution is 0.152. The zero-order valence-corrected chi connectivity index (χ0v) is 11.8. The summed E-state index contributed by atoms with van der Waals surface area (Å²) in [6, 6.07) is 4.46. The third-order valence-corrected chi connectivity index (χ3v) is 4.10. The number of hydrogen-bond acceptors (Lipinski definition) is 3. The van der Waals surface area contributed by atoms with Gasteiger partial charge in [0, 0.05) is 7.11 Å². The maximum absolute atomic E-state index is 5.93. The highest BCUT2D eigenvalue weighted by molar-refractivity contribution is 5.14. The summed E-state index contributed by atoms with van der Waals surface area (Å²) in [7, 11) is 1.70. The van der Waals surface area contributed by atoms with E-state index in [0.29, 0.717) is 18.1 Å². The molecule has 0 aliphatic heterocycles. The molecule has 1 saturated carbocycles. The van der Waals surface area contributed by atoms with Crippen LogP contribution in [0.3, 0.4) is 0 Å². The third kappa shape index (κ3) is 2.78. The number of nitrogens with one attached hydrogen (secondary N) is 1. The van der Waals surface area contributed by atoms with Crippen LogP contribution in [0.25, 0.3) is 0 Å². The molecule has 1 aromatic heterocycles. The highest BCUT2D eigenvalue weighted by atomic mass is 16.5. The van der Waals surface area contributed by atoms with Crippen molar-refractivity contribution in [2.45, 2.75) is 52.2 Å². The van der Waals surface area contributed by atoms with Crippen molar-refractivity contribution >= 4 is 0 Å². The predicted molar refractivity (Wildman–Crippen MR) is 72.4 cm³/mol. The molecule has 0 spiro atoms. The fraction of sp³-hybridized carbons (Fsp3) is 0.733. The van der Waals surface area contributed by atoms with Gasteiger partial charge in [-0.2, -0.15) is 0 Å². The van der Waals surface area contributed by atoms with Gasteiger partial charge >= 0.3 is 0 Å². The minimum Gasteiger partial charge on any atom is -0.462 e. The Morgan fingerprint density at radius 1 is 1.39 bits per heavy atom. The summed E-state index contributed by atoms with van der Waals surface area (Å²) in [5, 5.41) is 3.60. The minimum absolute atomic E-state index is 0.329. The fourth-order valence-electron chi connectivity index (χ4n) is 3.14. The van der Waals surface area contributed by atoms with Gasteiger partial charge in [0.25, 0.3) is 0 Å². The lowest BCUT2D eigenvalue weighted by atomic mass is 9.79. The van der Waals surface area contributed by atoms with Gasteiger partial charge in [-0.05, 0) is 36.9 Å². The molecule has 18 heavy (non-hydrogen) atoms. The number of methoxy groups -OCH3 is 1. The zero-order chi connectivity index (χ0) is 13.0. The van der Waals surface area contributed by atoms with Crippen molar-refractivity contribution in [1.29, 1.82) is 0 Å². The monoisotopic (exact) mass is 251 g/mol. The summed E-state index contributed by atoms with van der Waals surface area (Å²) in [5.41, 5.74) is 0.332. The molecule has 1 aliphatic rings. The Bertz CT molecular complexity index is 366. The summed E-state index contributed by atoms with van der Waals surface area (Å²) in [6.45, 7) is 6.06. The fourth-order valence-corrected chi connectivity index (χ4v) is 3.14. The van der Waals surface area contributed by atoms with E-state index in [1.54, 1.807) is 7.11 Å². The molecule has 2 rings (SSSR count). The first-order valence-electron chi connectivity index (χ1n) is 7.00. The number of ether oxygens (including phenoxy) is 1. The molecule has 0 aromatic carbocycles. The van der Waals surface area contributed by atoms with E-state index < -0.39 is 0 Å². The second-order valence-electron chi connectivity index (χ2n) is 5.59. The van der Waals surface area contributed by atoms with Crippen molar-refractivity contribution < 1.29 is 9.15 Å². The SMILES string of the molecule is CCNC(c1ccc(COC)o1)C1(C)CCCC1. The molecule has 1 heterocycles. The van der Waals surface area contributed by atoms with Crippen molar-refractivity contribution in [3.8, 4) is 0 Å². The largest absolute Gasteiger partial charge is 0.462 e. The van der Waals surface area contributed by atoms with Crippen molar-refractivity contribution in [2.24, 2.45) is 5.41 Å². The van der Waals surface area contributed by atoms with Crippen LogP contribution in [0.4, 0.5) is 0 Å². The Morgan fingerprint density at radius 3 is 2.72 bits per heavy atom. The second kappa shape index (κ2) is 5.89. The van der Waals surface area contributed by atoms with Crippen LogP contribution < -0.4 is 5.32 Å². The average Bonchev–Trinajstić information content (AvgIpc) is 2.97. The lowest BCUT2D eigenvalue weighted by Crippen LogP contribution is -2.34. The summed E-state index contributed by atoms with van der Waals surface area (Å²) in [4.78, 5) is 0. The molecule has 3 heteroatoms. The topological polar surface area (TPSA) is 34.4 Å². The quantitative estimate of drug-likeness (QED) is 0.838. The molecule has 0 saturated heterocycles. The van der Waals surface area contributed by atoms with Crippen LogP contribution in [0.2, 0.25) is 0 Å². The Labute approximate surface area is 110 Å². The van der Waals surface area contributed by atoms with Crippen LogP contribution >= 0.6 is 0 Å². The lowest BCUT2D eigenvalue weighted by Gasteiger charge is -2.33. The van der Waals surface area contributed by atoms with Crippen molar-refractivity contribution in [3.05, 3.63) is 23.7 Å². The van der Waals surface area contributed by atoms with Crippen LogP contribution in [0.15, 0.2) is 16.5 Å². The summed E-state index contributed by atoms with van der Waals surface area (Å²) in [5.74, 6) is 1.98. The smallest absolute Gasteiger partial charge is 0.129 e. The molecule has 1 unspecified atom stereocenters. The Kier molecular flexibility index (Phi) is 4.46. The summed E-state index contributed by atoms with van der Waals surface area (Å²) >= 11 is 0. The van der Waals surface area contributed by atoms with E-state index in [9.17, 15) is 0 Å². The van der Waals surface area contributed by atoms with Gasteiger partial charge in [0.15, 0.2) is 0 Å². The third-order valence-electron chi connectivity index (χ3n) is 4.10. The molecule has 0 bridgehead atoms. The van der Waals surface area contributed by atoms with Gasteiger partial charge in [-0.3, -0.25) is 0 Å². The predicted octanol–water partition coefficient (Wildman–Crippen LogP) is 3.66. The van der Waals surface area contributed by atoms with E-state index in [-0.39, 0.29) is 0 Å². The summed E-state index contributed by atoms with van der Waals surface area (Å²) < 4.78 is 11.0. The zero-order valence-electron chi connectivity index (χ0n) is 11.8. The Balaban J connectivity index is 2.17. The molecule has 0 amide bonds. The maximum Gasteiger partial charge on any atom is 0.129 e. The van der Waals surface area contributed by atoms with Crippen LogP contribution in [0, 0.1) is 5.41 Å². The van der Waals surface area contributed by atoms with E-state index in [2.05, 4.69) is 25.2 Å². The molecular weight excluding hydrogens is 226 g/mol. The molecule has 102 valence electrons. The van der Waals surface area contributed by atoms with Gasteiger partial charge in [0.2, 0.25) is 0 Å². The molecule has 1 aromatic rings. The number of rotatable bonds is 6. The molecule has 1 aliphatic carbocycles. The Hall–Kier alpha value is -0.800. The van der Waals surface area contributed by atoms with Crippen LogP contribution in [0.5, 0.6) is 0 Å². The maximum atomic E-state index is 5.93. The van der Waals surface area contributed by atoms with Crippen molar-refractivity contribution in [2.75, 3.05) is 13.7 Å². The number of furan rings is 1. The molecular formula is C15H25NO2. The summed E-state index contributed by atoms with van der Waals surface area (Å²) in [6.07, 6.45) is 5.24. The molecule has 1 fully saturated rings. The van der Waals surface area contributed by atoms with Crippen LogP contribution in [-0.2, 0) is 11.3 Å². The molecule has 0 radical (unpaired) electrons. The number of hydrogen-bond donors (Lipinski definition) is 1. The van der Waals surface area contributed by atoms with Crippen LogP contribution in [-0.4, -0.2) is 13.7 Å². The Morgan fingerprint density at radius 2 is 2.11 bits per heavy atom. The van der Waals surface area contributed by atoms with Gasteiger partial charge in [0.1, 0.15) is 18.1 Å². The van der Waals surface area contributed by atoms with E-state index in [0.717, 1.165) is 18.1 Å². The van der Waals surface area contributed by atoms with Crippen molar-refractivity contribution in [3.63, 3.8) is 0 Å². The van der Waals surface area contributed by atoms with Gasteiger partial charge < -0.3 is 14.5 Å². The van der Waals surface area contributed by atoms with E-state index in [1.165, 1.54) is 25.7 Å². The first-order valence-corrected chi connectivity index (χ1v) is 7.00. The van der Waals surface area contributed by atoms with Gasteiger partial charge in [0.05, 0.1) is 6.04 Å². The van der Waals surface area contributed by atoms with Crippen molar-refractivity contribution in [1.82, 2.24) is 5.32 Å². The highest BCUT2D eigenvalue weighted by Crippen LogP contribution is 2.47. The van der Waals surface area contributed by atoms with Crippen LogP contribution in [0.1, 0.15) is 57.1 Å². The standard InChI is InChI=1S/C15H25NO2/c1-4-16-14(15(2)9-5-6-10-15)13-8-7-12(18-13)11-17-3/h7-8,14,16H,4-6,9-11H2,1-3H3. The second-order valence-corrected chi connectivity index (χ2v) is 5.59. The average molecular weight is 251 g/mol. The van der Waals surface area contributed by atoms with Gasteiger partial charge in [-0.1, -0.05) is 26.7 Å².